The Hall–Kier alpha value is -0.790. The van der Waals surface area contributed by atoms with Crippen LogP contribution in [0.15, 0.2) is 23.7 Å². The van der Waals surface area contributed by atoms with Gasteiger partial charge < -0.3 is 14.8 Å². The SMILES string of the molecule is CCNC(=NCCn1ccnc1)N1CC(C)CC(C)C1.I. The Kier molecular flexibility index (Phi) is 8.06. The molecule has 0 saturated carbocycles. The average Bonchev–Trinajstić information content (AvgIpc) is 2.89. The molecular formula is C15H28IN5. The van der Waals surface area contributed by atoms with Crippen molar-refractivity contribution >= 4 is 29.9 Å². The van der Waals surface area contributed by atoms with Crippen molar-refractivity contribution in [1.29, 1.82) is 0 Å². The highest BCUT2D eigenvalue weighted by Crippen LogP contribution is 2.20. The number of halogens is 1. The van der Waals surface area contributed by atoms with Crippen LogP contribution in [0.25, 0.3) is 0 Å². The van der Waals surface area contributed by atoms with Gasteiger partial charge in [-0.1, -0.05) is 13.8 Å². The number of nitrogens with one attached hydrogen (secondary N) is 1. The van der Waals surface area contributed by atoms with E-state index < -0.39 is 0 Å². The Morgan fingerprint density at radius 3 is 2.62 bits per heavy atom. The third-order valence-corrected chi connectivity index (χ3v) is 3.68. The van der Waals surface area contributed by atoms with Gasteiger partial charge >= 0.3 is 0 Å². The molecule has 0 aromatic carbocycles. The van der Waals surface area contributed by atoms with Gasteiger partial charge in [-0.25, -0.2) is 4.98 Å². The number of guanidine groups is 1. The number of hydrogen-bond acceptors (Lipinski definition) is 2. The molecule has 0 amide bonds. The molecule has 0 spiro atoms. The molecule has 2 rings (SSSR count). The quantitative estimate of drug-likeness (QED) is 0.476. The summed E-state index contributed by atoms with van der Waals surface area (Å²) in [5.74, 6) is 2.55. The zero-order chi connectivity index (χ0) is 14.4. The van der Waals surface area contributed by atoms with Gasteiger partial charge in [0.1, 0.15) is 0 Å². The van der Waals surface area contributed by atoms with Crippen molar-refractivity contribution in [3.8, 4) is 0 Å². The Bertz CT molecular complexity index is 408. The van der Waals surface area contributed by atoms with Gasteiger partial charge in [-0.15, -0.1) is 24.0 Å². The van der Waals surface area contributed by atoms with E-state index in [9.17, 15) is 0 Å². The van der Waals surface area contributed by atoms with E-state index in [1.54, 1.807) is 0 Å². The summed E-state index contributed by atoms with van der Waals surface area (Å²) in [4.78, 5) is 11.2. The first kappa shape index (κ1) is 18.3. The zero-order valence-corrected chi connectivity index (χ0v) is 15.7. The molecule has 1 aliphatic rings. The maximum absolute atomic E-state index is 4.76. The molecule has 0 aliphatic carbocycles. The van der Waals surface area contributed by atoms with E-state index in [1.807, 2.05) is 18.7 Å². The highest BCUT2D eigenvalue weighted by molar-refractivity contribution is 14.0. The average molecular weight is 405 g/mol. The molecular weight excluding hydrogens is 377 g/mol. The van der Waals surface area contributed by atoms with E-state index in [4.69, 9.17) is 4.99 Å². The second-order valence-electron chi connectivity index (χ2n) is 5.89. The minimum Gasteiger partial charge on any atom is -0.357 e. The minimum absolute atomic E-state index is 0. The summed E-state index contributed by atoms with van der Waals surface area (Å²) >= 11 is 0. The van der Waals surface area contributed by atoms with Crippen LogP contribution in [0.1, 0.15) is 27.2 Å². The van der Waals surface area contributed by atoms with Crippen LogP contribution in [0.3, 0.4) is 0 Å². The Balaban J connectivity index is 0.00000220. The van der Waals surface area contributed by atoms with E-state index >= 15 is 0 Å². The second kappa shape index (κ2) is 9.27. The monoisotopic (exact) mass is 405 g/mol. The van der Waals surface area contributed by atoms with Gasteiger partial charge in [0, 0.05) is 38.6 Å². The molecule has 1 aromatic heterocycles. The predicted octanol–water partition coefficient (Wildman–Crippen LogP) is 2.44. The zero-order valence-electron chi connectivity index (χ0n) is 13.3. The fraction of sp³-hybridized carbons (Fsp3) is 0.733. The largest absolute Gasteiger partial charge is 0.357 e. The predicted molar refractivity (Wildman–Crippen MR) is 98.1 cm³/mol. The fourth-order valence-corrected chi connectivity index (χ4v) is 2.95. The van der Waals surface area contributed by atoms with Crippen LogP contribution in [-0.2, 0) is 6.54 Å². The van der Waals surface area contributed by atoms with Crippen molar-refractivity contribution < 1.29 is 0 Å². The molecule has 6 heteroatoms. The van der Waals surface area contributed by atoms with E-state index in [2.05, 4.69) is 40.5 Å². The standard InChI is InChI=1S/C15H27N5.HI/c1-4-17-15(18-6-8-19-7-5-16-12-19)20-10-13(2)9-14(3)11-20;/h5,7,12-14H,4,6,8-11H2,1-3H3,(H,17,18);1H. The maximum atomic E-state index is 4.76. The first-order valence-electron chi connectivity index (χ1n) is 7.68. The summed E-state index contributed by atoms with van der Waals surface area (Å²) in [6, 6.07) is 0. The normalized spacial score (nSPS) is 22.8. The summed E-state index contributed by atoms with van der Waals surface area (Å²) in [7, 11) is 0. The lowest BCUT2D eigenvalue weighted by molar-refractivity contribution is 0.208. The van der Waals surface area contributed by atoms with E-state index in [-0.39, 0.29) is 24.0 Å². The third kappa shape index (κ3) is 5.84. The molecule has 2 heterocycles. The van der Waals surface area contributed by atoms with Gasteiger partial charge in [-0.05, 0) is 25.2 Å². The number of aliphatic imine (C=N–C) groups is 1. The maximum Gasteiger partial charge on any atom is 0.193 e. The molecule has 120 valence electrons. The van der Waals surface area contributed by atoms with Gasteiger partial charge in [0.25, 0.3) is 0 Å². The van der Waals surface area contributed by atoms with Crippen molar-refractivity contribution in [2.24, 2.45) is 16.8 Å². The van der Waals surface area contributed by atoms with Gasteiger partial charge in [0.05, 0.1) is 12.9 Å². The van der Waals surface area contributed by atoms with Crippen molar-refractivity contribution in [3.63, 3.8) is 0 Å². The van der Waals surface area contributed by atoms with Crippen LogP contribution >= 0.6 is 24.0 Å². The lowest BCUT2D eigenvalue weighted by Gasteiger charge is -2.37. The first-order valence-corrected chi connectivity index (χ1v) is 7.68. The Labute approximate surface area is 145 Å². The minimum atomic E-state index is 0. The lowest BCUT2D eigenvalue weighted by Crippen LogP contribution is -2.48. The molecule has 1 saturated heterocycles. The summed E-state index contributed by atoms with van der Waals surface area (Å²) in [6.45, 7) is 11.6. The highest BCUT2D eigenvalue weighted by atomic mass is 127. The lowest BCUT2D eigenvalue weighted by atomic mass is 9.92. The number of hydrogen-bond donors (Lipinski definition) is 1. The smallest absolute Gasteiger partial charge is 0.193 e. The topological polar surface area (TPSA) is 45.5 Å². The summed E-state index contributed by atoms with van der Waals surface area (Å²) in [5.41, 5.74) is 0. The number of likely N-dealkylation sites (tertiary alicyclic amines) is 1. The van der Waals surface area contributed by atoms with Crippen LogP contribution in [0.5, 0.6) is 0 Å². The molecule has 2 atom stereocenters. The molecule has 5 nitrogen and oxygen atoms in total. The van der Waals surface area contributed by atoms with E-state index in [0.29, 0.717) is 0 Å². The second-order valence-corrected chi connectivity index (χ2v) is 5.89. The summed E-state index contributed by atoms with van der Waals surface area (Å²) < 4.78 is 2.06. The molecule has 0 bridgehead atoms. The number of aromatic nitrogens is 2. The number of rotatable bonds is 4. The van der Waals surface area contributed by atoms with Crippen LogP contribution in [0.2, 0.25) is 0 Å². The summed E-state index contributed by atoms with van der Waals surface area (Å²) in [5, 5.41) is 3.42. The number of imidazole rings is 1. The molecule has 21 heavy (non-hydrogen) atoms. The number of piperidine rings is 1. The Morgan fingerprint density at radius 2 is 2.05 bits per heavy atom. The molecule has 0 radical (unpaired) electrons. The van der Waals surface area contributed by atoms with Gasteiger partial charge in [-0.3, -0.25) is 4.99 Å². The van der Waals surface area contributed by atoms with Crippen molar-refractivity contribution in [1.82, 2.24) is 19.8 Å². The molecule has 2 unspecified atom stereocenters. The van der Waals surface area contributed by atoms with Crippen molar-refractivity contribution in [2.45, 2.75) is 33.7 Å². The molecule has 1 aromatic rings. The Morgan fingerprint density at radius 1 is 1.33 bits per heavy atom. The number of nitrogens with zero attached hydrogens (tertiary/aromatic N) is 4. The van der Waals surface area contributed by atoms with Gasteiger partial charge in [0.15, 0.2) is 5.96 Å². The van der Waals surface area contributed by atoms with Crippen molar-refractivity contribution in [2.75, 3.05) is 26.2 Å². The van der Waals surface area contributed by atoms with Crippen molar-refractivity contribution in [3.05, 3.63) is 18.7 Å². The van der Waals surface area contributed by atoms with E-state index in [1.165, 1.54) is 6.42 Å². The summed E-state index contributed by atoms with van der Waals surface area (Å²) in [6.07, 6.45) is 6.95. The highest BCUT2D eigenvalue weighted by Gasteiger charge is 2.23. The van der Waals surface area contributed by atoms with Crippen LogP contribution in [0, 0.1) is 11.8 Å². The van der Waals surface area contributed by atoms with E-state index in [0.717, 1.165) is 50.5 Å². The molecule has 1 aliphatic heterocycles. The fourth-order valence-electron chi connectivity index (χ4n) is 2.95. The molecule has 1 fully saturated rings. The van der Waals surface area contributed by atoms with Crippen LogP contribution in [0.4, 0.5) is 0 Å². The molecule has 1 N–H and O–H groups in total. The third-order valence-electron chi connectivity index (χ3n) is 3.68. The van der Waals surface area contributed by atoms with Crippen LogP contribution in [-0.4, -0.2) is 46.6 Å². The first-order chi connectivity index (χ1) is 9.69. The van der Waals surface area contributed by atoms with Gasteiger partial charge in [0.2, 0.25) is 0 Å². The van der Waals surface area contributed by atoms with Crippen LogP contribution < -0.4 is 5.32 Å². The van der Waals surface area contributed by atoms with Gasteiger partial charge in [-0.2, -0.15) is 0 Å².